The van der Waals surface area contributed by atoms with Gasteiger partial charge in [-0.15, -0.1) is 0 Å². The molecule has 0 spiro atoms. The first-order valence-corrected chi connectivity index (χ1v) is 7.44. The number of hydrogen-bond acceptors (Lipinski definition) is 3. The summed E-state index contributed by atoms with van der Waals surface area (Å²) in [4.78, 5) is 16.6. The van der Waals surface area contributed by atoms with Gasteiger partial charge in [-0.1, -0.05) is 18.2 Å². The molecule has 0 unspecified atom stereocenters. The number of para-hydroxylation sites is 1. The molecular formula is C17H16N4O. The Kier molecular flexibility index (Phi) is 2.92. The van der Waals surface area contributed by atoms with Gasteiger partial charge in [-0.05, 0) is 38.0 Å². The van der Waals surface area contributed by atoms with Crippen LogP contribution in [0.25, 0.3) is 16.7 Å². The fourth-order valence-corrected chi connectivity index (χ4v) is 2.51. The molecule has 5 heteroatoms. The second kappa shape index (κ2) is 4.94. The number of hydrogen-bond donors (Lipinski definition) is 1. The van der Waals surface area contributed by atoms with Gasteiger partial charge >= 0.3 is 0 Å². The number of rotatable bonds is 3. The minimum atomic E-state index is 0.0712. The molecule has 4 rings (SSSR count). The van der Waals surface area contributed by atoms with E-state index in [1.807, 2.05) is 49.4 Å². The fourth-order valence-electron chi connectivity index (χ4n) is 2.51. The summed E-state index contributed by atoms with van der Waals surface area (Å²) in [5.41, 5.74) is 1.76. The van der Waals surface area contributed by atoms with Crippen molar-refractivity contribution in [3.8, 4) is 5.82 Å². The molecule has 1 aromatic carbocycles. The van der Waals surface area contributed by atoms with E-state index >= 15 is 0 Å². The Bertz CT molecular complexity index is 864. The Balaban J connectivity index is 1.74. The molecule has 22 heavy (non-hydrogen) atoms. The van der Waals surface area contributed by atoms with Gasteiger partial charge in [0.25, 0.3) is 0 Å². The second-order valence-electron chi connectivity index (χ2n) is 5.71. The van der Waals surface area contributed by atoms with E-state index in [0.29, 0.717) is 11.6 Å². The van der Waals surface area contributed by atoms with Crippen LogP contribution in [0.15, 0.2) is 42.5 Å². The summed E-state index contributed by atoms with van der Waals surface area (Å²) in [6, 6.07) is 13.8. The van der Waals surface area contributed by atoms with E-state index in [9.17, 15) is 4.79 Å². The van der Waals surface area contributed by atoms with E-state index in [1.165, 1.54) is 0 Å². The molecule has 1 fully saturated rings. The molecule has 0 aliphatic heterocycles. The SMILES string of the molecule is Cc1cc(NC(=O)C2CC2)n(-c2ccc3ccccc3n2)n1. The third-order valence-corrected chi connectivity index (χ3v) is 3.83. The topological polar surface area (TPSA) is 59.8 Å². The minimum Gasteiger partial charge on any atom is -0.310 e. The predicted octanol–water partition coefficient (Wildman–Crippen LogP) is 3.08. The number of carbonyl (C=O) groups excluding carboxylic acids is 1. The molecule has 5 nitrogen and oxygen atoms in total. The molecule has 2 aromatic heterocycles. The summed E-state index contributed by atoms with van der Waals surface area (Å²) in [7, 11) is 0. The van der Waals surface area contributed by atoms with Gasteiger partial charge in [0.1, 0.15) is 5.82 Å². The zero-order chi connectivity index (χ0) is 15.1. The number of fused-ring (bicyclic) bond motifs is 1. The van der Waals surface area contributed by atoms with Crippen molar-refractivity contribution in [2.75, 3.05) is 5.32 Å². The van der Waals surface area contributed by atoms with Crippen LogP contribution in [0.4, 0.5) is 5.82 Å². The van der Waals surface area contributed by atoms with Gasteiger partial charge in [0.05, 0.1) is 11.2 Å². The molecule has 1 amide bonds. The molecule has 0 atom stereocenters. The quantitative estimate of drug-likeness (QED) is 0.807. The molecule has 2 heterocycles. The number of aryl methyl sites for hydroxylation is 1. The van der Waals surface area contributed by atoms with Crippen molar-refractivity contribution in [1.82, 2.24) is 14.8 Å². The second-order valence-corrected chi connectivity index (χ2v) is 5.71. The van der Waals surface area contributed by atoms with Crippen LogP contribution in [0.3, 0.4) is 0 Å². The number of aromatic nitrogens is 3. The maximum Gasteiger partial charge on any atom is 0.228 e. The average Bonchev–Trinajstić information content (AvgIpc) is 3.31. The molecule has 1 aliphatic rings. The van der Waals surface area contributed by atoms with Crippen LogP contribution >= 0.6 is 0 Å². The van der Waals surface area contributed by atoms with Crippen LogP contribution in [0.2, 0.25) is 0 Å². The third kappa shape index (κ3) is 2.35. The Morgan fingerprint density at radius 1 is 1.23 bits per heavy atom. The lowest BCUT2D eigenvalue weighted by Gasteiger charge is -2.08. The first kappa shape index (κ1) is 13.0. The lowest BCUT2D eigenvalue weighted by molar-refractivity contribution is -0.117. The Morgan fingerprint density at radius 2 is 2.05 bits per heavy atom. The van der Waals surface area contributed by atoms with Gasteiger partial charge in [-0.25, -0.2) is 4.98 Å². The largest absolute Gasteiger partial charge is 0.310 e. The highest BCUT2D eigenvalue weighted by Crippen LogP contribution is 2.30. The number of anilines is 1. The molecule has 1 aliphatic carbocycles. The first-order valence-electron chi connectivity index (χ1n) is 7.44. The maximum atomic E-state index is 12.0. The van der Waals surface area contributed by atoms with E-state index in [0.717, 1.165) is 29.4 Å². The van der Waals surface area contributed by atoms with E-state index in [4.69, 9.17) is 0 Å². The number of benzene rings is 1. The summed E-state index contributed by atoms with van der Waals surface area (Å²) in [6.45, 7) is 1.91. The minimum absolute atomic E-state index is 0.0712. The van der Waals surface area contributed by atoms with Gasteiger partial charge in [0, 0.05) is 17.4 Å². The van der Waals surface area contributed by atoms with Crippen molar-refractivity contribution in [1.29, 1.82) is 0 Å². The Labute approximate surface area is 128 Å². The van der Waals surface area contributed by atoms with Crippen molar-refractivity contribution in [3.63, 3.8) is 0 Å². The summed E-state index contributed by atoms with van der Waals surface area (Å²) in [6.07, 6.45) is 1.96. The summed E-state index contributed by atoms with van der Waals surface area (Å²) < 4.78 is 1.70. The van der Waals surface area contributed by atoms with E-state index in [1.54, 1.807) is 4.68 Å². The summed E-state index contributed by atoms with van der Waals surface area (Å²) >= 11 is 0. The molecule has 3 aromatic rings. The van der Waals surface area contributed by atoms with Crippen LogP contribution in [0, 0.1) is 12.8 Å². The molecule has 0 bridgehead atoms. The zero-order valence-electron chi connectivity index (χ0n) is 12.3. The number of pyridine rings is 1. The van der Waals surface area contributed by atoms with E-state index < -0.39 is 0 Å². The van der Waals surface area contributed by atoms with Crippen LogP contribution < -0.4 is 5.32 Å². The number of amides is 1. The number of nitrogens with zero attached hydrogens (tertiary/aromatic N) is 3. The van der Waals surface area contributed by atoms with E-state index in [2.05, 4.69) is 15.4 Å². The summed E-state index contributed by atoms with van der Waals surface area (Å²) in [5, 5.41) is 8.50. The van der Waals surface area contributed by atoms with Crippen molar-refractivity contribution >= 4 is 22.6 Å². The van der Waals surface area contributed by atoms with Crippen molar-refractivity contribution in [3.05, 3.63) is 48.2 Å². The maximum absolute atomic E-state index is 12.0. The molecule has 1 saturated carbocycles. The average molecular weight is 292 g/mol. The highest BCUT2D eigenvalue weighted by Gasteiger charge is 2.30. The monoisotopic (exact) mass is 292 g/mol. The first-order chi connectivity index (χ1) is 10.7. The van der Waals surface area contributed by atoms with Crippen molar-refractivity contribution in [2.45, 2.75) is 19.8 Å². The van der Waals surface area contributed by atoms with Crippen molar-refractivity contribution in [2.24, 2.45) is 5.92 Å². The zero-order valence-corrected chi connectivity index (χ0v) is 12.3. The molecular weight excluding hydrogens is 276 g/mol. The van der Waals surface area contributed by atoms with E-state index in [-0.39, 0.29) is 11.8 Å². The molecule has 0 saturated heterocycles. The van der Waals surface area contributed by atoms with Gasteiger partial charge in [0.15, 0.2) is 5.82 Å². The highest BCUT2D eigenvalue weighted by atomic mass is 16.2. The normalized spacial score (nSPS) is 14.2. The number of carbonyl (C=O) groups is 1. The van der Waals surface area contributed by atoms with Gasteiger partial charge in [-0.3, -0.25) is 4.79 Å². The molecule has 1 N–H and O–H groups in total. The number of nitrogens with one attached hydrogen (secondary N) is 1. The van der Waals surface area contributed by atoms with Crippen LogP contribution in [0.1, 0.15) is 18.5 Å². The van der Waals surface area contributed by atoms with Crippen LogP contribution in [-0.4, -0.2) is 20.7 Å². The summed E-state index contributed by atoms with van der Waals surface area (Å²) in [5.74, 6) is 1.62. The standard InChI is InChI=1S/C17H16N4O/c1-11-10-16(19-17(22)13-6-7-13)21(20-11)15-9-8-12-4-2-3-5-14(12)18-15/h2-5,8-10,13H,6-7H2,1H3,(H,19,22). The lowest BCUT2D eigenvalue weighted by Crippen LogP contribution is -2.16. The van der Waals surface area contributed by atoms with Crippen molar-refractivity contribution < 1.29 is 4.79 Å². The van der Waals surface area contributed by atoms with Gasteiger partial charge in [-0.2, -0.15) is 9.78 Å². The van der Waals surface area contributed by atoms with Crippen LogP contribution in [-0.2, 0) is 4.79 Å². The van der Waals surface area contributed by atoms with Gasteiger partial charge in [0.2, 0.25) is 5.91 Å². The molecule has 0 radical (unpaired) electrons. The fraction of sp³-hybridized carbons (Fsp3) is 0.235. The van der Waals surface area contributed by atoms with Gasteiger partial charge < -0.3 is 5.32 Å². The Hall–Kier alpha value is -2.69. The predicted molar refractivity (Wildman–Crippen MR) is 85.0 cm³/mol. The highest BCUT2D eigenvalue weighted by molar-refractivity contribution is 5.93. The lowest BCUT2D eigenvalue weighted by atomic mass is 10.2. The third-order valence-electron chi connectivity index (χ3n) is 3.83. The molecule has 110 valence electrons. The Morgan fingerprint density at radius 3 is 2.86 bits per heavy atom. The van der Waals surface area contributed by atoms with Crippen LogP contribution in [0.5, 0.6) is 0 Å². The smallest absolute Gasteiger partial charge is 0.228 e.